The molecule has 4 N–H and O–H groups in total. The van der Waals surface area contributed by atoms with Crippen LogP contribution in [0.2, 0.25) is 0 Å². The highest BCUT2D eigenvalue weighted by atomic mass is 16.3. The normalized spacial score (nSPS) is 16.0. The van der Waals surface area contributed by atoms with Crippen LogP contribution in [0.3, 0.4) is 0 Å². The molecule has 92 valence electrons. The van der Waals surface area contributed by atoms with Gasteiger partial charge < -0.3 is 10.8 Å². The first-order valence-corrected chi connectivity index (χ1v) is 6.10. The number of hydrogen-bond donors (Lipinski definition) is 3. The maximum absolute atomic E-state index is 10.0. The maximum atomic E-state index is 10.0. The van der Waals surface area contributed by atoms with Gasteiger partial charge in [0.2, 0.25) is 0 Å². The van der Waals surface area contributed by atoms with E-state index in [1.54, 1.807) is 0 Å². The first kappa shape index (κ1) is 14.9. The molecule has 0 saturated heterocycles. The largest absolute Gasteiger partial charge is 0.378 e. The molecule has 0 aliphatic heterocycles. The fraction of sp³-hybridized carbons (Fsp3) is 1.00. The van der Waals surface area contributed by atoms with Crippen LogP contribution in [0.1, 0.15) is 40.5 Å². The minimum atomic E-state index is -0.390. The zero-order chi connectivity index (χ0) is 11.8. The minimum absolute atomic E-state index is 0.336. The lowest BCUT2D eigenvalue weighted by molar-refractivity contribution is 0.0404. The summed E-state index contributed by atoms with van der Waals surface area (Å²) in [6, 6.07) is 0. The minimum Gasteiger partial charge on any atom is -0.378 e. The van der Waals surface area contributed by atoms with Gasteiger partial charge in [-0.1, -0.05) is 27.7 Å². The number of aliphatic hydroxyl groups is 1. The molecule has 3 nitrogen and oxygen atoms in total. The topological polar surface area (TPSA) is 58.3 Å². The summed E-state index contributed by atoms with van der Waals surface area (Å²) >= 11 is 0. The first-order chi connectivity index (χ1) is 6.99. The van der Waals surface area contributed by atoms with Gasteiger partial charge in [0.15, 0.2) is 0 Å². The molecule has 0 aliphatic rings. The fourth-order valence-corrected chi connectivity index (χ4v) is 1.81. The van der Waals surface area contributed by atoms with Crippen molar-refractivity contribution >= 4 is 0 Å². The van der Waals surface area contributed by atoms with E-state index in [-0.39, 0.29) is 6.23 Å². The maximum Gasteiger partial charge on any atom is 0.108 e. The van der Waals surface area contributed by atoms with Crippen molar-refractivity contribution in [2.24, 2.45) is 23.5 Å². The molecule has 0 fully saturated rings. The number of aliphatic hydroxyl groups excluding tert-OH is 1. The van der Waals surface area contributed by atoms with Crippen molar-refractivity contribution in [2.45, 2.75) is 46.8 Å². The summed E-state index contributed by atoms with van der Waals surface area (Å²) in [6.45, 7) is 10.2. The van der Waals surface area contributed by atoms with Crippen molar-refractivity contribution in [3.8, 4) is 0 Å². The number of rotatable bonds is 8. The molecule has 15 heavy (non-hydrogen) atoms. The van der Waals surface area contributed by atoms with E-state index in [1.807, 2.05) is 0 Å². The van der Waals surface area contributed by atoms with Gasteiger partial charge in [-0.2, -0.15) is 0 Å². The third-order valence-corrected chi connectivity index (χ3v) is 2.74. The van der Waals surface area contributed by atoms with E-state index < -0.39 is 0 Å². The molecule has 0 bridgehead atoms. The highest BCUT2D eigenvalue weighted by Crippen LogP contribution is 2.22. The molecule has 0 radical (unpaired) electrons. The van der Waals surface area contributed by atoms with Crippen molar-refractivity contribution in [3.05, 3.63) is 0 Å². The lowest BCUT2D eigenvalue weighted by Gasteiger charge is -2.28. The Hall–Kier alpha value is -0.120. The second-order valence-electron chi connectivity index (χ2n) is 5.08. The van der Waals surface area contributed by atoms with E-state index in [9.17, 15) is 5.11 Å². The van der Waals surface area contributed by atoms with Crippen LogP contribution in [-0.2, 0) is 0 Å². The van der Waals surface area contributed by atoms with Crippen molar-refractivity contribution in [3.63, 3.8) is 0 Å². The molecule has 0 aliphatic carbocycles. The van der Waals surface area contributed by atoms with Crippen LogP contribution in [0.25, 0.3) is 0 Å². The van der Waals surface area contributed by atoms with E-state index in [1.165, 1.54) is 0 Å². The van der Waals surface area contributed by atoms with Crippen LogP contribution in [0.4, 0.5) is 0 Å². The molecule has 0 spiro atoms. The van der Waals surface area contributed by atoms with Crippen LogP contribution >= 0.6 is 0 Å². The third kappa shape index (κ3) is 6.88. The second kappa shape index (κ2) is 8.08. The van der Waals surface area contributed by atoms with Gasteiger partial charge in [0, 0.05) is 5.92 Å². The molecule has 0 aromatic rings. The van der Waals surface area contributed by atoms with Gasteiger partial charge in [-0.15, -0.1) is 0 Å². The van der Waals surface area contributed by atoms with Crippen LogP contribution < -0.4 is 11.1 Å². The molecule has 0 saturated carbocycles. The molecule has 3 heteroatoms. The molecule has 2 atom stereocenters. The fourth-order valence-electron chi connectivity index (χ4n) is 1.81. The Bertz CT molecular complexity index is 149. The molecule has 2 unspecified atom stereocenters. The molecule has 0 heterocycles. The van der Waals surface area contributed by atoms with E-state index in [0.29, 0.717) is 24.3 Å². The lowest BCUT2D eigenvalue weighted by atomic mass is 9.86. The van der Waals surface area contributed by atoms with E-state index >= 15 is 0 Å². The molecule has 0 aromatic heterocycles. The Balaban J connectivity index is 3.99. The third-order valence-electron chi connectivity index (χ3n) is 2.74. The first-order valence-electron chi connectivity index (χ1n) is 6.10. The smallest absolute Gasteiger partial charge is 0.108 e. The summed E-state index contributed by atoms with van der Waals surface area (Å²) in [7, 11) is 0. The molecule has 0 amide bonds. The Morgan fingerprint density at radius 2 is 1.80 bits per heavy atom. The predicted molar refractivity (Wildman–Crippen MR) is 65.5 cm³/mol. The Kier molecular flexibility index (Phi) is 8.02. The summed E-state index contributed by atoms with van der Waals surface area (Å²) < 4.78 is 0. The zero-order valence-corrected chi connectivity index (χ0v) is 10.7. The van der Waals surface area contributed by atoms with Crippen molar-refractivity contribution < 1.29 is 5.11 Å². The molecular weight excluding hydrogens is 188 g/mol. The van der Waals surface area contributed by atoms with E-state index in [2.05, 4.69) is 33.0 Å². The van der Waals surface area contributed by atoms with Crippen LogP contribution in [0, 0.1) is 17.8 Å². The van der Waals surface area contributed by atoms with Crippen molar-refractivity contribution in [2.75, 3.05) is 13.1 Å². The van der Waals surface area contributed by atoms with Crippen LogP contribution in [-0.4, -0.2) is 24.4 Å². The predicted octanol–water partition coefficient (Wildman–Crippen LogP) is 1.56. The van der Waals surface area contributed by atoms with E-state index in [0.717, 1.165) is 19.4 Å². The second-order valence-corrected chi connectivity index (χ2v) is 5.08. The van der Waals surface area contributed by atoms with Gasteiger partial charge in [0.1, 0.15) is 6.23 Å². The summed E-state index contributed by atoms with van der Waals surface area (Å²) in [6.07, 6.45) is 1.59. The van der Waals surface area contributed by atoms with Gasteiger partial charge in [0.25, 0.3) is 0 Å². The van der Waals surface area contributed by atoms with Gasteiger partial charge >= 0.3 is 0 Å². The number of hydrogen-bond acceptors (Lipinski definition) is 3. The van der Waals surface area contributed by atoms with Crippen molar-refractivity contribution in [1.29, 1.82) is 0 Å². The summed E-state index contributed by atoms with van der Waals surface area (Å²) in [5.41, 5.74) is 5.41. The standard InChI is InChI=1S/C12H28N2O/c1-9(2)8-11(10(3)4)12(15)14-7-5-6-13/h9-12,14-15H,5-8,13H2,1-4H3. The van der Waals surface area contributed by atoms with Crippen LogP contribution in [0.15, 0.2) is 0 Å². The van der Waals surface area contributed by atoms with Crippen LogP contribution in [0.5, 0.6) is 0 Å². The monoisotopic (exact) mass is 216 g/mol. The van der Waals surface area contributed by atoms with Gasteiger partial charge in [-0.05, 0) is 37.8 Å². The SMILES string of the molecule is CC(C)CC(C(C)C)C(O)NCCCN. The Morgan fingerprint density at radius 1 is 1.20 bits per heavy atom. The Morgan fingerprint density at radius 3 is 2.20 bits per heavy atom. The summed E-state index contributed by atoms with van der Waals surface area (Å²) in [5.74, 6) is 1.47. The number of nitrogens with two attached hydrogens (primary N) is 1. The zero-order valence-electron chi connectivity index (χ0n) is 10.7. The highest BCUT2D eigenvalue weighted by molar-refractivity contribution is 4.72. The highest BCUT2D eigenvalue weighted by Gasteiger charge is 2.22. The summed E-state index contributed by atoms with van der Waals surface area (Å²) in [5, 5.41) is 13.1. The van der Waals surface area contributed by atoms with Gasteiger partial charge in [0.05, 0.1) is 0 Å². The summed E-state index contributed by atoms with van der Waals surface area (Å²) in [4.78, 5) is 0. The number of nitrogens with one attached hydrogen (secondary N) is 1. The average Bonchev–Trinajstić information content (AvgIpc) is 2.13. The molecular formula is C12H28N2O. The van der Waals surface area contributed by atoms with Gasteiger partial charge in [-0.3, -0.25) is 5.32 Å². The van der Waals surface area contributed by atoms with Gasteiger partial charge in [-0.25, -0.2) is 0 Å². The molecule has 0 aromatic carbocycles. The van der Waals surface area contributed by atoms with Crippen molar-refractivity contribution in [1.82, 2.24) is 5.32 Å². The lowest BCUT2D eigenvalue weighted by Crippen LogP contribution is -2.40. The Labute approximate surface area is 94.4 Å². The molecule has 0 rings (SSSR count). The quantitative estimate of drug-likeness (QED) is 0.426. The average molecular weight is 216 g/mol. The van der Waals surface area contributed by atoms with E-state index in [4.69, 9.17) is 5.73 Å².